The zero-order valence-electron chi connectivity index (χ0n) is 10.2. The van der Waals surface area contributed by atoms with E-state index in [9.17, 15) is 4.79 Å². The summed E-state index contributed by atoms with van der Waals surface area (Å²) in [4.78, 5) is 15.4. The summed E-state index contributed by atoms with van der Waals surface area (Å²) in [5.74, 6) is -0.492. The highest BCUT2D eigenvalue weighted by atomic mass is 35.5. The molecule has 0 unspecified atom stereocenters. The maximum absolute atomic E-state index is 11.6. The van der Waals surface area contributed by atoms with Crippen molar-refractivity contribution in [1.29, 1.82) is 0 Å². The molecule has 0 saturated carbocycles. The first-order valence-electron chi connectivity index (χ1n) is 5.59. The van der Waals surface area contributed by atoms with E-state index in [2.05, 4.69) is 4.98 Å². The monoisotopic (exact) mass is 273 g/mol. The first kappa shape index (κ1) is 14.9. The number of nitrogens with zero attached hydrogens (tertiary/aromatic N) is 1. The van der Waals surface area contributed by atoms with E-state index in [-0.39, 0.29) is 12.2 Å². The van der Waals surface area contributed by atoms with Crippen LogP contribution in [0.25, 0.3) is 0 Å². The topological polar surface area (TPSA) is 57.7 Å². The van der Waals surface area contributed by atoms with Crippen LogP contribution in [-0.4, -0.2) is 44.5 Å². The van der Waals surface area contributed by atoms with Gasteiger partial charge in [-0.15, -0.1) is 0 Å². The summed E-state index contributed by atoms with van der Waals surface area (Å²) in [5, 5.41) is 0.330. The van der Waals surface area contributed by atoms with Crippen LogP contribution >= 0.6 is 11.6 Å². The van der Waals surface area contributed by atoms with Gasteiger partial charge in [0.05, 0.1) is 17.2 Å². The van der Waals surface area contributed by atoms with Crippen molar-refractivity contribution >= 4 is 17.6 Å². The van der Waals surface area contributed by atoms with Crippen LogP contribution in [0, 0.1) is 0 Å². The molecule has 18 heavy (non-hydrogen) atoms. The molecule has 5 nitrogen and oxygen atoms in total. The SMILES string of the molecule is COCCCOCCOC(=O)c1cnccc1Cl. The lowest BCUT2D eigenvalue weighted by Gasteiger charge is -2.06. The van der Waals surface area contributed by atoms with Crippen LogP contribution in [0.2, 0.25) is 5.02 Å². The Morgan fingerprint density at radius 2 is 2.17 bits per heavy atom. The molecule has 1 aromatic heterocycles. The first-order chi connectivity index (χ1) is 8.75. The highest BCUT2D eigenvalue weighted by Gasteiger charge is 2.11. The molecule has 0 radical (unpaired) electrons. The zero-order valence-corrected chi connectivity index (χ0v) is 11.0. The van der Waals surface area contributed by atoms with Gasteiger partial charge in [-0.3, -0.25) is 4.98 Å². The number of aromatic nitrogens is 1. The number of hydrogen-bond acceptors (Lipinski definition) is 5. The molecule has 100 valence electrons. The van der Waals surface area contributed by atoms with Crippen LogP contribution < -0.4 is 0 Å². The molecule has 0 atom stereocenters. The van der Waals surface area contributed by atoms with Crippen molar-refractivity contribution in [2.45, 2.75) is 6.42 Å². The summed E-state index contributed by atoms with van der Waals surface area (Å²) in [6.45, 7) is 1.79. The Hall–Kier alpha value is -1.17. The second-order valence-electron chi connectivity index (χ2n) is 3.45. The summed E-state index contributed by atoms with van der Waals surface area (Å²) in [6.07, 6.45) is 3.71. The van der Waals surface area contributed by atoms with E-state index in [4.69, 9.17) is 25.8 Å². The van der Waals surface area contributed by atoms with E-state index in [1.807, 2.05) is 0 Å². The Balaban J connectivity index is 2.16. The molecule has 0 bridgehead atoms. The fraction of sp³-hybridized carbons (Fsp3) is 0.500. The Bertz CT molecular complexity index is 373. The normalized spacial score (nSPS) is 10.3. The zero-order chi connectivity index (χ0) is 13.2. The molecule has 0 aliphatic carbocycles. The van der Waals surface area contributed by atoms with Crippen LogP contribution in [0.3, 0.4) is 0 Å². The molecule has 0 N–H and O–H groups in total. The third-order valence-corrected chi connectivity index (χ3v) is 2.42. The predicted molar refractivity (Wildman–Crippen MR) is 66.8 cm³/mol. The number of pyridine rings is 1. The number of halogens is 1. The Morgan fingerprint density at radius 3 is 2.89 bits per heavy atom. The number of hydrogen-bond donors (Lipinski definition) is 0. The van der Waals surface area contributed by atoms with Gasteiger partial charge in [-0.2, -0.15) is 0 Å². The fourth-order valence-electron chi connectivity index (χ4n) is 1.21. The van der Waals surface area contributed by atoms with Gasteiger partial charge in [-0.05, 0) is 12.5 Å². The van der Waals surface area contributed by atoms with Gasteiger partial charge < -0.3 is 14.2 Å². The van der Waals surface area contributed by atoms with Gasteiger partial charge in [-0.25, -0.2) is 4.79 Å². The van der Waals surface area contributed by atoms with Crippen molar-refractivity contribution in [2.75, 3.05) is 33.5 Å². The molecule has 0 saturated heterocycles. The number of carbonyl (C=O) groups excluding carboxylic acids is 1. The van der Waals surface area contributed by atoms with E-state index < -0.39 is 5.97 Å². The lowest BCUT2D eigenvalue weighted by Crippen LogP contribution is -2.12. The Labute approximate surface area is 111 Å². The van der Waals surface area contributed by atoms with Gasteiger partial charge in [0.2, 0.25) is 0 Å². The number of ether oxygens (including phenoxy) is 3. The minimum atomic E-state index is -0.492. The van der Waals surface area contributed by atoms with Crippen molar-refractivity contribution in [2.24, 2.45) is 0 Å². The van der Waals surface area contributed by atoms with Crippen molar-refractivity contribution in [3.8, 4) is 0 Å². The van der Waals surface area contributed by atoms with Crippen molar-refractivity contribution in [3.05, 3.63) is 29.0 Å². The molecule has 1 heterocycles. The highest BCUT2D eigenvalue weighted by Crippen LogP contribution is 2.14. The molecule has 1 rings (SSSR count). The van der Waals surface area contributed by atoms with Gasteiger partial charge in [0.1, 0.15) is 6.61 Å². The molecule has 0 aromatic carbocycles. The maximum atomic E-state index is 11.6. The maximum Gasteiger partial charge on any atom is 0.341 e. The minimum absolute atomic E-state index is 0.192. The Morgan fingerprint density at radius 1 is 1.33 bits per heavy atom. The minimum Gasteiger partial charge on any atom is -0.460 e. The van der Waals surface area contributed by atoms with Gasteiger partial charge in [-0.1, -0.05) is 11.6 Å². The van der Waals surface area contributed by atoms with E-state index >= 15 is 0 Å². The standard InChI is InChI=1S/C12H16ClNO4/c1-16-5-2-6-17-7-8-18-12(15)10-9-14-4-3-11(10)13/h3-4,9H,2,5-8H2,1H3. The predicted octanol–water partition coefficient (Wildman–Crippen LogP) is 1.94. The van der Waals surface area contributed by atoms with Crippen LogP contribution in [0.4, 0.5) is 0 Å². The average Bonchev–Trinajstić information content (AvgIpc) is 2.38. The molecule has 0 spiro atoms. The van der Waals surface area contributed by atoms with Gasteiger partial charge in [0.15, 0.2) is 0 Å². The summed E-state index contributed by atoms with van der Waals surface area (Å²) in [7, 11) is 1.64. The van der Waals surface area contributed by atoms with Gasteiger partial charge >= 0.3 is 5.97 Å². The van der Waals surface area contributed by atoms with E-state index in [1.54, 1.807) is 13.2 Å². The second kappa shape index (κ2) is 8.85. The lowest BCUT2D eigenvalue weighted by atomic mass is 10.3. The van der Waals surface area contributed by atoms with Crippen molar-refractivity contribution in [3.63, 3.8) is 0 Å². The van der Waals surface area contributed by atoms with E-state index in [0.717, 1.165) is 6.42 Å². The summed E-state index contributed by atoms with van der Waals surface area (Å²) in [6, 6.07) is 1.54. The highest BCUT2D eigenvalue weighted by molar-refractivity contribution is 6.33. The van der Waals surface area contributed by atoms with Crippen LogP contribution in [0.15, 0.2) is 18.5 Å². The number of methoxy groups -OCH3 is 1. The lowest BCUT2D eigenvalue weighted by molar-refractivity contribution is 0.0288. The second-order valence-corrected chi connectivity index (χ2v) is 3.86. The number of rotatable bonds is 8. The molecule has 0 aliphatic heterocycles. The summed E-state index contributed by atoms with van der Waals surface area (Å²) >= 11 is 5.83. The average molecular weight is 274 g/mol. The number of carbonyl (C=O) groups is 1. The first-order valence-corrected chi connectivity index (χ1v) is 5.97. The quantitative estimate of drug-likeness (QED) is 0.535. The molecule has 0 fully saturated rings. The fourth-order valence-corrected chi connectivity index (χ4v) is 1.39. The third-order valence-electron chi connectivity index (χ3n) is 2.09. The van der Waals surface area contributed by atoms with E-state index in [1.165, 1.54) is 12.4 Å². The molecule has 6 heteroatoms. The van der Waals surface area contributed by atoms with Gasteiger partial charge in [0.25, 0.3) is 0 Å². The molecule has 0 aliphatic rings. The van der Waals surface area contributed by atoms with E-state index in [0.29, 0.717) is 24.8 Å². The van der Waals surface area contributed by atoms with Crippen LogP contribution in [0.1, 0.15) is 16.8 Å². The van der Waals surface area contributed by atoms with Crippen LogP contribution in [0.5, 0.6) is 0 Å². The van der Waals surface area contributed by atoms with Crippen LogP contribution in [-0.2, 0) is 14.2 Å². The summed E-state index contributed by atoms with van der Waals surface area (Å²) < 4.78 is 15.1. The Kier molecular flexibility index (Phi) is 7.32. The molecule has 0 amide bonds. The van der Waals surface area contributed by atoms with Gasteiger partial charge in [0, 0.05) is 32.7 Å². The number of esters is 1. The molecular weight excluding hydrogens is 258 g/mol. The molecule has 1 aromatic rings. The van der Waals surface area contributed by atoms with Crippen molar-refractivity contribution in [1.82, 2.24) is 4.98 Å². The summed E-state index contributed by atoms with van der Waals surface area (Å²) in [5.41, 5.74) is 0.263. The van der Waals surface area contributed by atoms with Crippen molar-refractivity contribution < 1.29 is 19.0 Å². The molecular formula is C12H16ClNO4. The largest absolute Gasteiger partial charge is 0.460 e. The smallest absolute Gasteiger partial charge is 0.341 e. The third kappa shape index (κ3) is 5.44.